The van der Waals surface area contributed by atoms with Crippen LogP contribution in [0.15, 0.2) is 23.8 Å². The van der Waals surface area contributed by atoms with Gasteiger partial charge >= 0.3 is 0 Å². The van der Waals surface area contributed by atoms with Crippen molar-refractivity contribution in [1.82, 2.24) is 0 Å². The van der Waals surface area contributed by atoms with Gasteiger partial charge in [-0.3, -0.25) is 0 Å². The average molecular weight is 457 g/mol. The third-order valence-electron chi connectivity index (χ3n) is 12.1. The molecule has 0 aliphatic heterocycles. The van der Waals surface area contributed by atoms with E-state index in [0.29, 0.717) is 29.6 Å². The fraction of sp³-hybridized carbons (Fsp3) is 0.871. The van der Waals surface area contributed by atoms with Crippen LogP contribution in [0.4, 0.5) is 0 Å². The van der Waals surface area contributed by atoms with Crippen LogP contribution in [0.2, 0.25) is 0 Å². The average Bonchev–Trinajstić information content (AvgIpc) is 3.07. The van der Waals surface area contributed by atoms with Crippen molar-refractivity contribution < 1.29 is 10.2 Å². The largest absolute Gasteiger partial charge is 0.393 e. The SMILES string of the molecule is C=C(CCC=C(C)C)C1CC[C@]2(C)C1[C@H](O)CC1[C@@]3(C)CC[C@H](O)C(C)(C)C3[C@H](C)C[C@]12C. The molecule has 4 aliphatic rings. The third kappa shape index (κ3) is 3.55. The van der Waals surface area contributed by atoms with Crippen LogP contribution in [0.1, 0.15) is 107 Å². The minimum Gasteiger partial charge on any atom is -0.393 e. The Morgan fingerprint density at radius 2 is 1.67 bits per heavy atom. The molecule has 0 aromatic carbocycles. The van der Waals surface area contributed by atoms with Crippen LogP contribution in [0.3, 0.4) is 0 Å². The number of aliphatic hydroxyl groups excluding tert-OH is 2. The van der Waals surface area contributed by atoms with E-state index in [1.807, 2.05) is 0 Å². The number of fused-ring (bicyclic) bond motifs is 5. The van der Waals surface area contributed by atoms with E-state index in [9.17, 15) is 10.2 Å². The summed E-state index contributed by atoms with van der Waals surface area (Å²) in [5, 5.41) is 22.7. The first-order chi connectivity index (χ1) is 15.2. The molecule has 0 bridgehead atoms. The van der Waals surface area contributed by atoms with E-state index in [0.717, 1.165) is 32.1 Å². The standard InChI is InChI=1S/C31H52O2/c1-19(2)11-10-12-20(3)22-13-16-30(8)26(22)23(32)17-24-29(7)15-14-25(33)28(5,6)27(29)21(4)18-31(24,30)9/h11,21-27,32-33H,3,10,12-18H2,1-2,4-9H3/t21-,22?,23-,24?,25+,26?,27?,29-,30-,31-/m1/s1. The van der Waals surface area contributed by atoms with Crippen LogP contribution in [0, 0.1) is 51.2 Å². The molecule has 2 nitrogen and oxygen atoms in total. The fourth-order valence-corrected chi connectivity index (χ4v) is 10.8. The zero-order valence-electron chi connectivity index (χ0n) is 22.9. The Kier molecular flexibility index (Phi) is 6.35. The second kappa shape index (κ2) is 8.22. The van der Waals surface area contributed by atoms with Crippen LogP contribution in [-0.2, 0) is 0 Å². The molecule has 10 atom stereocenters. The number of rotatable bonds is 4. The molecular formula is C31H52O2. The third-order valence-corrected chi connectivity index (χ3v) is 12.1. The maximum absolute atomic E-state index is 11.8. The normalized spacial score (nSPS) is 50.7. The molecule has 4 aliphatic carbocycles. The summed E-state index contributed by atoms with van der Waals surface area (Å²) < 4.78 is 0. The smallest absolute Gasteiger partial charge is 0.0594 e. The van der Waals surface area contributed by atoms with Crippen LogP contribution in [0.25, 0.3) is 0 Å². The molecule has 4 fully saturated rings. The Hall–Kier alpha value is -0.600. The monoisotopic (exact) mass is 456 g/mol. The van der Waals surface area contributed by atoms with Crippen LogP contribution >= 0.6 is 0 Å². The first kappa shape index (κ1) is 25.5. The lowest BCUT2D eigenvalue weighted by Gasteiger charge is -2.72. The number of aliphatic hydroxyl groups is 2. The zero-order chi connectivity index (χ0) is 24.6. The van der Waals surface area contributed by atoms with Gasteiger partial charge in [-0.1, -0.05) is 65.3 Å². The molecule has 188 valence electrons. The molecule has 0 aromatic heterocycles. The number of hydrogen-bond donors (Lipinski definition) is 2. The van der Waals surface area contributed by atoms with Gasteiger partial charge in [-0.15, -0.1) is 0 Å². The highest BCUT2D eigenvalue weighted by Gasteiger charge is 2.71. The molecule has 33 heavy (non-hydrogen) atoms. The predicted molar refractivity (Wildman–Crippen MR) is 139 cm³/mol. The van der Waals surface area contributed by atoms with E-state index in [2.05, 4.69) is 68.0 Å². The molecule has 0 amide bonds. The first-order valence-corrected chi connectivity index (χ1v) is 13.9. The summed E-state index contributed by atoms with van der Waals surface area (Å²) in [6.45, 7) is 23.7. The topological polar surface area (TPSA) is 40.5 Å². The van der Waals surface area contributed by atoms with Gasteiger partial charge in [0.1, 0.15) is 0 Å². The van der Waals surface area contributed by atoms with Crippen molar-refractivity contribution in [1.29, 1.82) is 0 Å². The van der Waals surface area contributed by atoms with E-state index in [4.69, 9.17) is 0 Å². The van der Waals surface area contributed by atoms with E-state index >= 15 is 0 Å². The maximum atomic E-state index is 11.8. The number of hydrogen-bond acceptors (Lipinski definition) is 2. The maximum Gasteiger partial charge on any atom is 0.0594 e. The Morgan fingerprint density at radius 1 is 1.00 bits per heavy atom. The molecule has 2 heteroatoms. The van der Waals surface area contributed by atoms with E-state index in [1.165, 1.54) is 30.4 Å². The van der Waals surface area contributed by atoms with Crippen molar-refractivity contribution in [3.63, 3.8) is 0 Å². The van der Waals surface area contributed by atoms with Crippen LogP contribution < -0.4 is 0 Å². The summed E-state index contributed by atoms with van der Waals surface area (Å²) >= 11 is 0. The van der Waals surface area contributed by atoms with Gasteiger partial charge in [-0.05, 0) is 116 Å². The highest BCUT2D eigenvalue weighted by atomic mass is 16.3. The zero-order valence-corrected chi connectivity index (χ0v) is 22.9. The van der Waals surface area contributed by atoms with Gasteiger partial charge in [0.05, 0.1) is 12.2 Å². The summed E-state index contributed by atoms with van der Waals surface area (Å²) in [5.41, 5.74) is 3.26. The highest BCUT2D eigenvalue weighted by Crippen LogP contribution is 2.76. The van der Waals surface area contributed by atoms with E-state index < -0.39 is 0 Å². The molecule has 0 spiro atoms. The Balaban J connectivity index is 1.68. The molecule has 0 aromatic rings. The van der Waals surface area contributed by atoms with Crippen LogP contribution in [0.5, 0.6) is 0 Å². The summed E-state index contributed by atoms with van der Waals surface area (Å²) in [5.74, 6) is 2.42. The number of allylic oxidation sites excluding steroid dienone is 3. The Morgan fingerprint density at radius 3 is 2.30 bits per heavy atom. The summed E-state index contributed by atoms with van der Waals surface area (Å²) in [7, 11) is 0. The Labute approximate surface area is 204 Å². The Bertz CT molecular complexity index is 806. The second-order valence-electron chi connectivity index (χ2n) is 14.4. The van der Waals surface area contributed by atoms with Crippen molar-refractivity contribution in [2.24, 2.45) is 51.2 Å². The fourth-order valence-electron chi connectivity index (χ4n) is 10.8. The van der Waals surface area contributed by atoms with Gasteiger partial charge in [0, 0.05) is 0 Å². The lowest BCUT2D eigenvalue weighted by Crippen LogP contribution is -2.67. The highest BCUT2D eigenvalue weighted by molar-refractivity contribution is 5.23. The lowest BCUT2D eigenvalue weighted by molar-refractivity contribution is -0.256. The molecule has 4 unspecified atom stereocenters. The minimum atomic E-state index is -0.235. The molecule has 4 rings (SSSR count). The molecule has 0 radical (unpaired) electrons. The summed E-state index contributed by atoms with van der Waals surface area (Å²) in [6.07, 6.45) is 10.6. The molecular weight excluding hydrogens is 404 g/mol. The lowest BCUT2D eigenvalue weighted by atomic mass is 9.33. The van der Waals surface area contributed by atoms with Gasteiger partial charge < -0.3 is 10.2 Å². The van der Waals surface area contributed by atoms with Crippen molar-refractivity contribution in [3.8, 4) is 0 Å². The van der Waals surface area contributed by atoms with Crippen LogP contribution in [-0.4, -0.2) is 22.4 Å². The quantitative estimate of drug-likeness (QED) is 0.429. The van der Waals surface area contributed by atoms with Gasteiger partial charge in [0.15, 0.2) is 0 Å². The predicted octanol–water partition coefficient (Wildman–Crippen LogP) is 7.55. The van der Waals surface area contributed by atoms with E-state index in [1.54, 1.807) is 0 Å². The second-order valence-corrected chi connectivity index (χ2v) is 14.4. The van der Waals surface area contributed by atoms with Gasteiger partial charge in [-0.2, -0.15) is 0 Å². The van der Waals surface area contributed by atoms with Crippen molar-refractivity contribution in [2.45, 2.75) is 119 Å². The molecule has 0 heterocycles. The molecule has 0 saturated heterocycles. The molecule has 4 saturated carbocycles. The van der Waals surface area contributed by atoms with Crippen molar-refractivity contribution in [3.05, 3.63) is 23.8 Å². The summed E-state index contributed by atoms with van der Waals surface area (Å²) in [4.78, 5) is 0. The van der Waals surface area contributed by atoms with Crippen molar-refractivity contribution >= 4 is 0 Å². The van der Waals surface area contributed by atoms with Gasteiger partial charge in [-0.25, -0.2) is 0 Å². The van der Waals surface area contributed by atoms with Crippen molar-refractivity contribution in [2.75, 3.05) is 0 Å². The summed E-state index contributed by atoms with van der Waals surface area (Å²) in [6, 6.07) is 0. The van der Waals surface area contributed by atoms with E-state index in [-0.39, 0.29) is 33.9 Å². The first-order valence-electron chi connectivity index (χ1n) is 13.9. The minimum absolute atomic E-state index is 0.0616. The van der Waals surface area contributed by atoms with Gasteiger partial charge in [0.25, 0.3) is 0 Å². The molecule has 2 N–H and O–H groups in total. The van der Waals surface area contributed by atoms with Gasteiger partial charge in [0.2, 0.25) is 0 Å².